The van der Waals surface area contributed by atoms with Crippen molar-refractivity contribution in [3.63, 3.8) is 0 Å². The van der Waals surface area contributed by atoms with E-state index in [0.29, 0.717) is 37.6 Å². The van der Waals surface area contributed by atoms with Crippen LogP contribution in [-0.2, 0) is 17.8 Å². The van der Waals surface area contributed by atoms with Crippen LogP contribution >= 0.6 is 0 Å². The highest BCUT2D eigenvalue weighted by Crippen LogP contribution is 2.25. The van der Waals surface area contributed by atoms with Crippen LogP contribution in [0.5, 0.6) is 17.2 Å². The number of hydrogen-bond acceptors (Lipinski definition) is 5. The molecule has 1 aliphatic heterocycles. The van der Waals surface area contributed by atoms with E-state index in [-0.39, 0.29) is 18.5 Å². The average molecular weight is 519 g/mol. The zero-order valence-electron chi connectivity index (χ0n) is 22.0. The van der Waals surface area contributed by atoms with Gasteiger partial charge in [-0.05, 0) is 54.4 Å². The lowest BCUT2D eigenvalue weighted by molar-refractivity contribution is -0.153. The Labute approximate surface area is 223 Å². The highest BCUT2D eigenvalue weighted by atomic mass is 16.5. The van der Waals surface area contributed by atoms with Crippen molar-refractivity contribution in [2.75, 3.05) is 27.3 Å². The number of methoxy groups -OCH3 is 1. The van der Waals surface area contributed by atoms with Crippen molar-refractivity contribution in [1.82, 2.24) is 9.80 Å². The minimum Gasteiger partial charge on any atom is -0.497 e. The fourth-order valence-corrected chi connectivity index (χ4v) is 4.55. The Morgan fingerprint density at radius 2 is 1.68 bits per heavy atom. The minimum absolute atomic E-state index is 0.00127. The SMILES string of the molecule is COc1cccc(CN2CC(CCOc3ccc(CC(C)(Oc4ccccc4)C(=O)O)cc3)N(C)C2=O)c1. The molecule has 0 spiro atoms. The zero-order chi connectivity index (χ0) is 27.1. The summed E-state index contributed by atoms with van der Waals surface area (Å²) in [5.74, 6) is 0.942. The van der Waals surface area contributed by atoms with Gasteiger partial charge in [0, 0.05) is 33.0 Å². The van der Waals surface area contributed by atoms with Crippen LogP contribution in [0, 0.1) is 0 Å². The Hall–Kier alpha value is -4.20. The molecule has 3 aromatic carbocycles. The maximum Gasteiger partial charge on any atom is 0.348 e. The molecular weight excluding hydrogens is 484 g/mol. The summed E-state index contributed by atoms with van der Waals surface area (Å²) in [6, 6.07) is 24.1. The molecule has 0 radical (unpaired) electrons. The number of ether oxygens (including phenoxy) is 3. The molecule has 8 nitrogen and oxygen atoms in total. The highest BCUT2D eigenvalue weighted by molar-refractivity contribution is 5.78. The molecule has 1 aliphatic rings. The van der Waals surface area contributed by atoms with Crippen LogP contribution in [0.15, 0.2) is 78.9 Å². The molecule has 200 valence electrons. The number of carbonyl (C=O) groups is 2. The van der Waals surface area contributed by atoms with E-state index >= 15 is 0 Å². The first-order valence-corrected chi connectivity index (χ1v) is 12.6. The van der Waals surface area contributed by atoms with E-state index < -0.39 is 11.6 Å². The van der Waals surface area contributed by atoms with Gasteiger partial charge in [0.15, 0.2) is 0 Å². The normalized spacial score (nSPS) is 16.7. The summed E-state index contributed by atoms with van der Waals surface area (Å²) in [4.78, 5) is 28.3. The smallest absolute Gasteiger partial charge is 0.348 e. The number of rotatable bonds is 12. The molecule has 3 aromatic rings. The summed E-state index contributed by atoms with van der Waals surface area (Å²) in [5, 5.41) is 9.81. The van der Waals surface area contributed by atoms with Gasteiger partial charge in [-0.3, -0.25) is 0 Å². The van der Waals surface area contributed by atoms with E-state index in [0.717, 1.165) is 16.9 Å². The topological polar surface area (TPSA) is 88.5 Å². The molecule has 0 aromatic heterocycles. The summed E-state index contributed by atoms with van der Waals surface area (Å²) in [7, 11) is 3.45. The van der Waals surface area contributed by atoms with Gasteiger partial charge in [0.2, 0.25) is 5.60 Å². The number of para-hydroxylation sites is 1. The summed E-state index contributed by atoms with van der Waals surface area (Å²) in [6.45, 7) is 3.19. The zero-order valence-corrected chi connectivity index (χ0v) is 22.0. The van der Waals surface area contributed by atoms with Gasteiger partial charge in [-0.1, -0.05) is 42.5 Å². The van der Waals surface area contributed by atoms with E-state index in [1.807, 2.05) is 66.5 Å². The van der Waals surface area contributed by atoms with Crippen LogP contribution < -0.4 is 14.2 Å². The number of carboxylic acids is 1. The molecule has 4 rings (SSSR count). The van der Waals surface area contributed by atoms with E-state index in [1.165, 1.54) is 0 Å². The lowest BCUT2D eigenvalue weighted by Crippen LogP contribution is -2.43. The van der Waals surface area contributed by atoms with Crippen LogP contribution in [0.4, 0.5) is 4.79 Å². The number of urea groups is 1. The second-order valence-electron chi connectivity index (χ2n) is 9.69. The third kappa shape index (κ3) is 6.56. The van der Waals surface area contributed by atoms with Crippen LogP contribution in [0.1, 0.15) is 24.5 Å². The van der Waals surface area contributed by atoms with Crippen LogP contribution in [0.25, 0.3) is 0 Å². The first-order valence-electron chi connectivity index (χ1n) is 12.6. The number of nitrogens with zero attached hydrogens (tertiary/aromatic N) is 2. The minimum atomic E-state index is -1.40. The summed E-state index contributed by atoms with van der Waals surface area (Å²) < 4.78 is 17.1. The molecule has 0 saturated carbocycles. The number of carboxylic acid groups (broad SMARTS) is 1. The standard InChI is InChI=1S/C30H34N2O6/c1-30(28(33)34,38-26-9-5-4-6-10-26)19-22-12-14-25(15-13-22)37-17-16-24-21-32(29(35)31(24)2)20-23-8-7-11-27(18-23)36-3/h4-15,18,24H,16-17,19-21H2,1-3H3,(H,33,34). The Balaban J connectivity index is 1.28. The van der Waals surface area contributed by atoms with Gasteiger partial charge >= 0.3 is 12.0 Å². The van der Waals surface area contributed by atoms with Gasteiger partial charge in [0.1, 0.15) is 17.2 Å². The molecule has 0 aliphatic carbocycles. The van der Waals surface area contributed by atoms with Gasteiger partial charge in [-0.15, -0.1) is 0 Å². The van der Waals surface area contributed by atoms with Crippen molar-refractivity contribution in [3.05, 3.63) is 90.0 Å². The third-order valence-corrected chi connectivity index (χ3v) is 6.78. The van der Waals surface area contributed by atoms with Gasteiger partial charge in [-0.2, -0.15) is 0 Å². The molecule has 2 atom stereocenters. The second-order valence-corrected chi connectivity index (χ2v) is 9.69. The van der Waals surface area contributed by atoms with Gasteiger partial charge in [0.05, 0.1) is 19.8 Å². The molecule has 8 heteroatoms. The molecule has 2 unspecified atom stereocenters. The maximum absolute atomic E-state index is 12.8. The molecule has 0 bridgehead atoms. The number of amides is 2. The molecule has 1 N–H and O–H groups in total. The van der Waals surface area contributed by atoms with Crippen molar-refractivity contribution in [3.8, 4) is 17.2 Å². The van der Waals surface area contributed by atoms with Crippen molar-refractivity contribution < 1.29 is 28.9 Å². The van der Waals surface area contributed by atoms with Crippen LogP contribution in [-0.4, -0.2) is 65.9 Å². The fraction of sp³-hybridized carbons (Fsp3) is 0.333. The predicted molar refractivity (Wildman–Crippen MR) is 144 cm³/mol. The van der Waals surface area contributed by atoms with E-state index in [9.17, 15) is 14.7 Å². The maximum atomic E-state index is 12.8. The van der Waals surface area contributed by atoms with Gasteiger partial charge < -0.3 is 29.1 Å². The monoisotopic (exact) mass is 518 g/mol. The quantitative estimate of drug-likeness (QED) is 0.368. The highest BCUT2D eigenvalue weighted by Gasteiger charge is 2.36. The molecular formula is C30H34N2O6. The lowest BCUT2D eigenvalue weighted by atomic mass is 9.96. The van der Waals surface area contributed by atoms with E-state index in [2.05, 4.69) is 0 Å². The second kappa shape index (κ2) is 11.9. The summed E-state index contributed by atoms with van der Waals surface area (Å²) in [5.41, 5.74) is 0.448. The van der Waals surface area contributed by atoms with Crippen LogP contribution in [0.3, 0.4) is 0 Å². The van der Waals surface area contributed by atoms with E-state index in [4.69, 9.17) is 14.2 Å². The van der Waals surface area contributed by atoms with Crippen molar-refractivity contribution in [1.29, 1.82) is 0 Å². The Bertz CT molecular complexity index is 1230. The first kappa shape index (κ1) is 26.9. The summed E-state index contributed by atoms with van der Waals surface area (Å²) >= 11 is 0. The van der Waals surface area contributed by atoms with Crippen molar-refractivity contribution >= 4 is 12.0 Å². The Morgan fingerprint density at radius 1 is 0.974 bits per heavy atom. The third-order valence-electron chi connectivity index (χ3n) is 6.78. The molecule has 2 amide bonds. The number of benzene rings is 3. The first-order chi connectivity index (χ1) is 18.3. The Kier molecular flexibility index (Phi) is 8.41. The number of hydrogen-bond donors (Lipinski definition) is 1. The van der Waals surface area contributed by atoms with Gasteiger partial charge in [0.25, 0.3) is 0 Å². The molecule has 38 heavy (non-hydrogen) atoms. The molecule has 1 heterocycles. The fourth-order valence-electron chi connectivity index (χ4n) is 4.55. The predicted octanol–water partition coefficient (Wildman–Crippen LogP) is 4.87. The van der Waals surface area contributed by atoms with Gasteiger partial charge in [-0.25, -0.2) is 9.59 Å². The van der Waals surface area contributed by atoms with Crippen molar-refractivity contribution in [2.24, 2.45) is 0 Å². The summed E-state index contributed by atoms with van der Waals surface area (Å²) in [6.07, 6.45) is 0.899. The van der Waals surface area contributed by atoms with E-state index in [1.54, 1.807) is 43.2 Å². The molecule has 1 saturated heterocycles. The lowest BCUT2D eigenvalue weighted by Gasteiger charge is -2.26. The number of likely N-dealkylation sites (N-methyl/N-ethyl adjacent to an activating group) is 1. The average Bonchev–Trinajstić information content (AvgIpc) is 3.18. The molecule has 1 fully saturated rings. The number of carbonyl (C=O) groups excluding carboxylic acids is 1. The Morgan fingerprint density at radius 3 is 2.37 bits per heavy atom. The number of aliphatic carboxylic acids is 1. The van der Waals surface area contributed by atoms with Crippen LogP contribution in [0.2, 0.25) is 0 Å². The van der Waals surface area contributed by atoms with Crippen molar-refractivity contribution in [2.45, 2.75) is 38.0 Å². The largest absolute Gasteiger partial charge is 0.497 e.